The fraction of sp³-hybridized carbons (Fsp3) is 0.357. The van der Waals surface area contributed by atoms with Gasteiger partial charge in [0, 0.05) is 37.5 Å². The van der Waals surface area contributed by atoms with E-state index < -0.39 is 0 Å². The first-order valence-electron chi connectivity index (χ1n) is 6.06. The van der Waals surface area contributed by atoms with E-state index in [4.69, 9.17) is 21.1 Å². The maximum Gasteiger partial charge on any atom is 0.127 e. The predicted molar refractivity (Wildman–Crippen MR) is 75.0 cm³/mol. The summed E-state index contributed by atoms with van der Waals surface area (Å²) in [5, 5.41) is 0. The summed E-state index contributed by atoms with van der Waals surface area (Å²) < 4.78 is 13.0. The lowest BCUT2D eigenvalue weighted by atomic mass is 10.2. The zero-order valence-electron chi connectivity index (χ0n) is 11.1. The van der Waals surface area contributed by atoms with Crippen LogP contribution in [0.4, 0.5) is 0 Å². The zero-order valence-corrected chi connectivity index (χ0v) is 11.9. The van der Waals surface area contributed by atoms with Crippen LogP contribution in [0.2, 0.25) is 0 Å². The highest BCUT2D eigenvalue weighted by Gasteiger charge is 2.06. The van der Waals surface area contributed by atoms with Crippen molar-refractivity contribution in [2.75, 3.05) is 13.7 Å². The van der Waals surface area contributed by atoms with Gasteiger partial charge in [-0.15, -0.1) is 11.6 Å². The van der Waals surface area contributed by atoms with E-state index in [0.717, 1.165) is 29.3 Å². The van der Waals surface area contributed by atoms with Crippen molar-refractivity contribution < 1.29 is 9.47 Å². The molecule has 19 heavy (non-hydrogen) atoms. The van der Waals surface area contributed by atoms with Crippen LogP contribution in [-0.2, 0) is 19.3 Å². The molecule has 0 aliphatic rings. The van der Waals surface area contributed by atoms with Crippen molar-refractivity contribution >= 4 is 11.6 Å². The van der Waals surface area contributed by atoms with Gasteiger partial charge in [0.25, 0.3) is 0 Å². The first kappa shape index (κ1) is 13.7. The van der Waals surface area contributed by atoms with Crippen LogP contribution in [0, 0.1) is 0 Å². The first-order valence-corrected chi connectivity index (χ1v) is 6.60. The summed E-state index contributed by atoms with van der Waals surface area (Å²) in [6.07, 6.45) is 4.46. The molecule has 0 spiro atoms. The molecular weight excluding hydrogens is 264 g/mol. The van der Waals surface area contributed by atoms with Gasteiger partial charge in [-0.2, -0.15) is 0 Å². The quantitative estimate of drug-likeness (QED) is 0.764. The number of aryl methyl sites for hydroxylation is 1. The molecule has 0 aliphatic carbocycles. The third kappa shape index (κ3) is 3.41. The number of nitrogens with zero attached hydrogens (tertiary/aromatic N) is 2. The third-order valence-corrected chi connectivity index (χ3v) is 3.21. The zero-order chi connectivity index (χ0) is 13.7. The Morgan fingerprint density at radius 2 is 2.21 bits per heavy atom. The van der Waals surface area contributed by atoms with Crippen molar-refractivity contribution in [3.05, 3.63) is 42.0 Å². The summed E-state index contributed by atoms with van der Waals surface area (Å²) in [7, 11) is 3.60. The SMILES string of the molecule is COc1ccc(CCl)c(OCCc2nccn2C)c1. The Kier molecular flexibility index (Phi) is 4.68. The van der Waals surface area contributed by atoms with Gasteiger partial charge in [-0.1, -0.05) is 6.07 Å². The van der Waals surface area contributed by atoms with E-state index in [1.54, 1.807) is 13.3 Å². The predicted octanol–water partition coefficient (Wildman–Crippen LogP) is 2.79. The Bertz CT molecular complexity index is 540. The molecule has 0 atom stereocenters. The fourth-order valence-corrected chi connectivity index (χ4v) is 2.02. The van der Waals surface area contributed by atoms with E-state index in [9.17, 15) is 0 Å². The number of methoxy groups -OCH3 is 1. The summed E-state index contributed by atoms with van der Waals surface area (Å²) in [5.74, 6) is 2.95. The molecule has 1 aromatic carbocycles. The second kappa shape index (κ2) is 6.48. The van der Waals surface area contributed by atoms with Gasteiger partial charge in [0.1, 0.15) is 17.3 Å². The Balaban J connectivity index is 2.00. The number of rotatable bonds is 6. The summed E-state index contributed by atoms with van der Waals surface area (Å²) in [5.41, 5.74) is 0.960. The number of aromatic nitrogens is 2. The van der Waals surface area contributed by atoms with Gasteiger partial charge in [-0.25, -0.2) is 4.98 Å². The van der Waals surface area contributed by atoms with Gasteiger partial charge in [0.2, 0.25) is 0 Å². The second-order valence-corrected chi connectivity index (χ2v) is 4.43. The number of alkyl halides is 1. The molecule has 1 aromatic heterocycles. The number of halogens is 1. The van der Waals surface area contributed by atoms with Crippen molar-refractivity contribution in [3.8, 4) is 11.5 Å². The number of ether oxygens (including phenoxy) is 2. The van der Waals surface area contributed by atoms with Gasteiger partial charge < -0.3 is 14.0 Å². The van der Waals surface area contributed by atoms with Crippen LogP contribution in [0.3, 0.4) is 0 Å². The Morgan fingerprint density at radius 1 is 1.37 bits per heavy atom. The van der Waals surface area contributed by atoms with Gasteiger partial charge >= 0.3 is 0 Å². The maximum atomic E-state index is 5.89. The van der Waals surface area contributed by atoms with E-state index in [-0.39, 0.29) is 0 Å². The molecular formula is C14H17ClN2O2. The Morgan fingerprint density at radius 3 is 2.84 bits per heavy atom. The van der Waals surface area contributed by atoms with Crippen LogP contribution in [0.5, 0.6) is 11.5 Å². The maximum absolute atomic E-state index is 5.89. The average Bonchev–Trinajstić information content (AvgIpc) is 2.84. The van der Waals surface area contributed by atoms with Crippen molar-refractivity contribution in [2.45, 2.75) is 12.3 Å². The monoisotopic (exact) mass is 280 g/mol. The summed E-state index contributed by atoms with van der Waals surface area (Å²) in [4.78, 5) is 4.26. The van der Waals surface area contributed by atoms with Crippen LogP contribution >= 0.6 is 11.6 Å². The van der Waals surface area contributed by atoms with Crippen LogP contribution in [0.15, 0.2) is 30.6 Å². The van der Waals surface area contributed by atoms with Crippen molar-refractivity contribution in [2.24, 2.45) is 7.05 Å². The highest BCUT2D eigenvalue weighted by Crippen LogP contribution is 2.26. The standard InChI is InChI=1S/C14H17ClN2O2/c1-17-7-6-16-14(17)5-8-19-13-9-12(18-2)4-3-11(13)10-15/h3-4,6-7,9H,5,8,10H2,1-2H3. The molecule has 2 rings (SSSR count). The normalized spacial score (nSPS) is 10.5. The van der Waals surface area contributed by atoms with Gasteiger partial charge in [0.15, 0.2) is 0 Å². The van der Waals surface area contributed by atoms with Crippen molar-refractivity contribution in [3.63, 3.8) is 0 Å². The largest absolute Gasteiger partial charge is 0.497 e. The number of imidazole rings is 1. The van der Waals surface area contributed by atoms with E-state index in [2.05, 4.69) is 4.98 Å². The van der Waals surface area contributed by atoms with E-state index in [1.165, 1.54) is 0 Å². The first-order chi connectivity index (χ1) is 9.24. The molecule has 0 amide bonds. The molecule has 0 saturated carbocycles. The molecule has 0 bridgehead atoms. The number of benzene rings is 1. The molecule has 5 heteroatoms. The molecule has 0 fully saturated rings. The minimum atomic E-state index is 0.418. The summed E-state index contributed by atoms with van der Waals surface area (Å²) in [6, 6.07) is 5.65. The van der Waals surface area contributed by atoms with E-state index >= 15 is 0 Å². The van der Waals surface area contributed by atoms with Crippen LogP contribution in [0.25, 0.3) is 0 Å². The molecule has 0 aliphatic heterocycles. The van der Waals surface area contributed by atoms with Crippen LogP contribution < -0.4 is 9.47 Å². The topological polar surface area (TPSA) is 36.3 Å². The average molecular weight is 281 g/mol. The van der Waals surface area contributed by atoms with Crippen LogP contribution in [-0.4, -0.2) is 23.3 Å². The molecule has 0 unspecified atom stereocenters. The summed E-state index contributed by atoms with van der Waals surface area (Å²) in [6.45, 7) is 0.557. The molecule has 0 radical (unpaired) electrons. The van der Waals surface area contributed by atoms with E-state index in [1.807, 2.05) is 36.0 Å². The van der Waals surface area contributed by atoms with Crippen LogP contribution in [0.1, 0.15) is 11.4 Å². The minimum Gasteiger partial charge on any atom is -0.497 e. The number of hydrogen-bond acceptors (Lipinski definition) is 3. The highest BCUT2D eigenvalue weighted by atomic mass is 35.5. The van der Waals surface area contributed by atoms with Gasteiger partial charge in [0.05, 0.1) is 19.6 Å². The number of hydrogen-bond donors (Lipinski definition) is 0. The molecule has 2 aromatic rings. The lowest BCUT2D eigenvalue weighted by Crippen LogP contribution is -2.07. The Hall–Kier alpha value is -1.68. The highest BCUT2D eigenvalue weighted by molar-refractivity contribution is 6.17. The van der Waals surface area contributed by atoms with Gasteiger partial charge in [-0.05, 0) is 6.07 Å². The molecule has 1 heterocycles. The summed E-state index contributed by atoms with van der Waals surface area (Å²) >= 11 is 5.89. The minimum absolute atomic E-state index is 0.418. The lowest BCUT2D eigenvalue weighted by molar-refractivity contribution is 0.312. The van der Waals surface area contributed by atoms with E-state index in [0.29, 0.717) is 12.5 Å². The molecule has 0 saturated heterocycles. The smallest absolute Gasteiger partial charge is 0.127 e. The Labute approximate surface area is 117 Å². The fourth-order valence-electron chi connectivity index (χ4n) is 1.80. The van der Waals surface area contributed by atoms with Gasteiger partial charge in [-0.3, -0.25) is 0 Å². The third-order valence-electron chi connectivity index (χ3n) is 2.92. The van der Waals surface area contributed by atoms with Crippen molar-refractivity contribution in [1.29, 1.82) is 0 Å². The molecule has 4 nitrogen and oxygen atoms in total. The molecule has 102 valence electrons. The van der Waals surface area contributed by atoms with Crippen molar-refractivity contribution in [1.82, 2.24) is 9.55 Å². The second-order valence-electron chi connectivity index (χ2n) is 4.16. The lowest BCUT2D eigenvalue weighted by Gasteiger charge is -2.11. The molecule has 0 N–H and O–H groups in total.